The van der Waals surface area contributed by atoms with Gasteiger partial charge in [0.15, 0.2) is 18.1 Å². The molecule has 0 aliphatic carbocycles. The maximum absolute atomic E-state index is 12.2. The Hall–Kier alpha value is -4.86. The van der Waals surface area contributed by atoms with E-state index in [0.29, 0.717) is 35.1 Å². The summed E-state index contributed by atoms with van der Waals surface area (Å²) < 4.78 is 16.3. The molecule has 38 heavy (non-hydrogen) atoms. The van der Waals surface area contributed by atoms with E-state index >= 15 is 0 Å². The molecule has 0 unspecified atom stereocenters. The van der Waals surface area contributed by atoms with E-state index in [2.05, 4.69) is 21.2 Å². The molecule has 0 heterocycles. The molecule has 198 valence electrons. The predicted octanol–water partition coefficient (Wildman–Crippen LogP) is 3.19. The fraction of sp³-hybridized carbons (Fsp3) is 0.214. The maximum atomic E-state index is 12.2. The number of carbonyl (C=O) groups excluding carboxylic acids is 3. The lowest BCUT2D eigenvalue weighted by Gasteiger charge is -2.12. The SMILES string of the molecule is CCOc1cc(/C=N\NC(=O)C(=O)NCc2ccc(OC)cc2)ccc1OCC(=O)Nc1ccc(C)cc1. The first-order valence-electron chi connectivity index (χ1n) is 11.9. The van der Waals surface area contributed by atoms with E-state index < -0.39 is 11.8 Å². The summed E-state index contributed by atoms with van der Waals surface area (Å²) in [4.78, 5) is 36.3. The summed E-state index contributed by atoms with van der Waals surface area (Å²) in [7, 11) is 1.57. The van der Waals surface area contributed by atoms with Gasteiger partial charge in [-0.1, -0.05) is 29.8 Å². The van der Waals surface area contributed by atoms with Gasteiger partial charge in [-0.2, -0.15) is 5.10 Å². The zero-order valence-corrected chi connectivity index (χ0v) is 21.4. The van der Waals surface area contributed by atoms with Crippen LogP contribution in [-0.4, -0.2) is 44.3 Å². The number of amides is 3. The number of benzene rings is 3. The minimum Gasteiger partial charge on any atom is -0.497 e. The van der Waals surface area contributed by atoms with E-state index in [4.69, 9.17) is 14.2 Å². The van der Waals surface area contributed by atoms with Crippen LogP contribution in [0.1, 0.15) is 23.6 Å². The van der Waals surface area contributed by atoms with Crippen molar-refractivity contribution >= 4 is 29.6 Å². The number of aryl methyl sites for hydroxylation is 1. The van der Waals surface area contributed by atoms with Gasteiger partial charge in [0.2, 0.25) is 0 Å². The van der Waals surface area contributed by atoms with Gasteiger partial charge >= 0.3 is 11.8 Å². The van der Waals surface area contributed by atoms with Crippen molar-refractivity contribution in [3.05, 3.63) is 83.4 Å². The molecule has 3 N–H and O–H groups in total. The molecule has 10 nitrogen and oxygen atoms in total. The van der Waals surface area contributed by atoms with Crippen LogP contribution in [0.4, 0.5) is 5.69 Å². The van der Waals surface area contributed by atoms with E-state index in [1.807, 2.05) is 38.1 Å². The van der Waals surface area contributed by atoms with Crippen LogP contribution in [0.25, 0.3) is 0 Å². The predicted molar refractivity (Wildman–Crippen MR) is 143 cm³/mol. The topological polar surface area (TPSA) is 127 Å². The number of ether oxygens (including phenoxy) is 3. The van der Waals surface area contributed by atoms with E-state index in [0.717, 1.165) is 11.1 Å². The van der Waals surface area contributed by atoms with Crippen LogP contribution < -0.4 is 30.3 Å². The Morgan fingerprint density at radius 3 is 2.32 bits per heavy atom. The average molecular weight is 519 g/mol. The molecule has 0 fully saturated rings. The molecule has 3 amide bonds. The van der Waals surface area contributed by atoms with Gasteiger partial charge in [0.05, 0.1) is 19.9 Å². The third kappa shape index (κ3) is 8.66. The zero-order chi connectivity index (χ0) is 27.3. The smallest absolute Gasteiger partial charge is 0.329 e. The normalized spacial score (nSPS) is 10.5. The van der Waals surface area contributed by atoms with Crippen LogP contribution in [0.5, 0.6) is 17.2 Å². The molecular formula is C28H30N4O6. The fourth-order valence-corrected chi connectivity index (χ4v) is 3.19. The standard InChI is InChI=1S/C28H30N4O6/c1-4-37-25-15-21(9-14-24(25)38-18-26(33)31-22-10-5-19(2)6-11-22)17-30-32-28(35)27(34)29-16-20-7-12-23(36-3)13-8-20/h5-15,17H,4,16,18H2,1-3H3,(H,29,34)(H,31,33)(H,32,35)/b30-17-. The van der Waals surface area contributed by atoms with Gasteiger partial charge in [0, 0.05) is 12.2 Å². The van der Waals surface area contributed by atoms with Crippen molar-refractivity contribution in [3.63, 3.8) is 0 Å². The summed E-state index contributed by atoms with van der Waals surface area (Å²) in [5.41, 5.74) is 5.36. The molecule has 0 aromatic heterocycles. The van der Waals surface area contributed by atoms with Crippen LogP contribution in [0.2, 0.25) is 0 Å². The molecule has 0 spiro atoms. The lowest BCUT2D eigenvalue weighted by atomic mass is 10.2. The molecule has 0 bridgehead atoms. The van der Waals surface area contributed by atoms with Crippen LogP contribution >= 0.6 is 0 Å². The highest BCUT2D eigenvalue weighted by molar-refractivity contribution is 6.35. The Labute approximate surface area is 221 Å². The van der Waals surface area contributed by atoms with Crippen LogP contribution in [0, 0.1) is 6.92 Å². The largest absolute Gasteiger partial charge is 0.497 e. The molecule has 3 aromatic carbocycles. The summed E-state index contributed by atoms with van der Waals surface area (Å²) in [5.74, 6) is -0.550. The van der Waals surface area contributed by atoms with Gasteiger partial charge in [-0.15, -0.1) is 0 Å². The third-order valence-corrected chi connectivity index (χ3v) is 5.16. The molecule has 0 atom stereocenters. The molecule has 3 aromatic rings. The number of methoxy groups -OCH3 is 1. The second kappa shape index (κ2) is 14.0. The summed E-state index contributed by atoms with van der Waals surface area (Å²) in [5, 5.41) is 9.13. The number of hydrogen-bond donors (Lipinski definition) is 3. The van der Waals surface area contributed by atoms with E-state index in [9.17, 15) is 14.4 Å². The molecule has 10 heteroatoms. The summed E-state index contributed by atoms with van der Waals surface area (Å²) >= 11 is 0. The fourth-order valence-electron chi connectivity index (χ4n) is 3.19. The summed E-state index contributed by atoms with van der Waals surface area (Å²) in [6.07, 6.45) is 1.37. The van der Waals surface area contributed by atoms with Gasteiger partial charge in [-0.05, 0) is 67.4 Å². The number of hydrogen-bond acceptors (Lipinski definition) is 7. The van der Waals surface area contributed by atoms with Crippen molar-refractivity contribution in [2.45, 2.75) is 20.4 Å². The highest BCUT2D eigenvalue weighted by Gasteiger charge is 2.13. The zero-order valence-electron chi connectivity index (χ0n) is 21.4. The number of carbonyl (C=O) groups is 3. The van der Waals surface area contributed by atoms with Crippen LogP contribution in [-0.2, 0) is 20.9 Å². The monoisotopic (exact) mass is 518 g/mol. The minimum absolute atomic E-state index is 0.183. The van der Waals surface area contributed by atoms with Crippen LogP contribution in [0.15, 0.2) is 71.8 Å². The molecule has 0 saturated heterocycles. The number of rotatable bonds is 11. The van der Waals surface area contributed by atoms with E-state index in [-0.39, 0.29) is 19.1 Å². The quantitative estimate of drug-likeness (QED) is 0.203. The molecular weight excluding hydrogens is 488 g/mol. The second-order valence-corrected chi connectivity index (χ2v) is 8.07. The van der Waals surface area contributed by atoms with Gasteiger partial charge in [0.25, 0.3) is 5.91 Å². The molecule has 3 rings (SSSR count). The van der Waals surface area contributed by atoms with Gasteiger partial charge in [-0.3, -0.25) is 14.4 Å². The highest BCUT2D eigenvalue weighted by atomic mass is 16.5. The Morgan fingerprint density at radius 2 is 1.63 bits per heavy atom. The van der Waals surface area contributed by atoms with Crippen molar-refractivity contribution < 1.29 is 28.6 Å². The lowest BCUT2D eigenvalue weighted by Crippen LogP contribution is -2.37. The van der Waals surface area contributed by atoms with E-state index in [1.54, 1.807) is 49.6 Å². The van der Waals surface area contributed by atoms with Crippen molar-refractivity contribution in [3.8, 4) is 17.2 Å². The maximum Gasteiger partial charge on any atom is 0.329 e. The first-order valence-corrected chi connectivity index (χ1v) is 11.9. The lowest BCUT2D eigenvalue weighted by molar-refractivity contribution is -0.139. The molecule has 0 aliphatic heterocycles. The molecule has 0 radical (unpaired) electrons. The first kappa shape index (κ1) is 27.7. The number of anilines is 1. The first-order chi connectivity index (χ1) is 18.4. The van der Waals surface area contributed by atoms with Gasteiger partial charge in [-0.25, -0.2) is 5.43 Å². The summed E-state index contributed by atoms with van der Waals surface area (Å²) in [6, 6.07) is 19.5. The molecule has 0 aliphatic rings. The summed E-state index contributed by atoms with van der Waals surface area (Å²) in [6.45, 7) is 4.14. The molecule has 0 saturated carbocycles. The van der Waals surface area contributed by atoms with Gasteiger partial charge < -0.3 is 24.8 Å². The number of nitrogens with zero attached hydrogens (tertiary/aromatic N) is 1. The van der Waals surface area contributed by atoms with Crippen molar-refractivity contribution in [2.75, 3.05) is 25.6 Å². The average Bonchev–Trinajstić information content (AvgIpc) is 2.93. The van der Waals surface area contributed by atoms with Crippen molar-refractivity contribution in [2.24, 2.45) is 5.10 Å². The Balaban J connectivity index is 1.50. The van der Waals surface area contributed by atoms with Crippen molar-refractivity contribution in [1.82, 2.24) is 10.7 Å². The minimum atomic E-state index is -0.903. The Bertz CT molecular complexity index is 1270. The Morgan fingerprint density at radius 1 is 0.895 bits per heavy atom. The number of nitrogens with one attached hydrogen (secondary N) is 3. The number of hydrazone groups is 1. The Kier molecular flexibility index (Phi) is 10.2. The third-order valence-electron chi connectivity index (χ3n) is 5.16. The second-order valence-electron chi connectivity index (χ2n) is 8.07. The highest BCUT2D eigenvalue weighted by Crippen LogP contribution is 2.28. The van der Waals surface area contributed by atoms with Gasteiger partial charge in [0.1, 0.15) is 5.75 Å². The van der Waals surface area contributed by atoms with Crippen molar-refractivity contribution in [1.29, 1.82) is 0 Å². The van der Waals surface area contributed by atoms with Crippen LogP contribution in [0.3, 0.4) is 0 Å². The van der Waals surface area contributed by atoms with E-state index in [1.165, 1.54) is 6.21 Å².